The standard InChI is InChI=1S/C12H9F3N2O2S/c1-19-6-2-3-7(8(16)4-6)10(18)9-5-17-11(20-9)12(13,14)15/h2-5H,16H2,1H3. The number of ether oxygens (including phenoxy) is 1. The summed E-state index contributed by atoms with van der Waals surface area (Å²) in [6, 6.07) is 4.34. The van der Waals surface area contributed by atoms with Gasteiger partial charge in [0.15, 0.2) is 5.01 Å². The largest absolute Gasteiger partial charge is 0.497 e. The first-order chi connectivity index (χ1) is 9.32. The summed E-state index contributed by atoms with van der Waals surface area (Å²) in [5.41, 5.74) is 5.94. The SMILES string of the molecule is COc1ccc(C(=O)c2cnc(C(F)(F)F)s2)c(N)c1. The Kier molecular flexibility index (Phi) is 3.67. The highest BCUT2D eigenvalue weighted by molar-refractivity contribution is 7.14. The van der Waals surface area contributed by atoms with Gasteiger partial charge in [0, 0.05) is 23.5 Å². The lowest BCUT2D eigenvalue weighted by Crippen LogP contribution is -2.04. The van der Waals surface area contributed by atoms with Gasteiger partial charge >= 0.3 is 6.18 Å². The summed E-state index contributed by atoms with van der Waals surface area (Å²) >= 11 is 0.289. The van der Waals surface area contributed by atoms with Gasteiger partial charge in [0.25, 0.3) is 0 Å². The number of nitrogens with zero attached hydrogens (tertiary/aromatic N) is 1. The topological polar surface area (TPSA) is 65.2 Å². The van der Waals surface area contributed by atoms with Crippen molar-refractivity contribution >= 4 is 22.8 Å². The predicted octanol–water partition coefficient (Wildman–Crippen LogP) is 2.98. The fraction of sp³-hybridized carbons (Fsp3) is 0.167. The van der Waals surface area contributed by atoms with Gasteiger partial charge in [0.1, 0.15) is 5.75 Å². The zero-order valence-electron chi connectivity index (χ0n) is 10.2. The number of thiazole rings is 1. The highest BCUT2D eigenvalue weighted by Gasteiger charge is 2.35. The number of anilines is 1. The molecule has 0 fully saturated rings. The second-order valence-electron chi connectivity index (χ2n) is 3.81. The van der Waals surface area contributed by atoms with Crippen LogP contribution in [-0.2, 0) is 6.18 Å². The van der Waals surface area contributed by atoms with E-state index in [2.05, 4.69) is 4.98 Å². The Balaban J connectivity index is 2.34. The molecule has 0 aliphatic heterocycles. The average molecular weight is 302 g/mol. The van der Waals surface area contributed by atoms with Crippen LogP contribution in [0.5, 0.6) is 5.75 Å². The van der Waals surface area contributed by atoms with E-state index in [9.17, 15) is 18.0 Å². The summed E-state index contributed by atoms with van der Waals surface area (Å²) in [7, 11) is 1.44. The molecule has 20 heavy (non-hydrogen) atoms. The third-order valence-corrected chi connectivity index (χ3v) is 3.52. The number of aromatic nitrogens is 1. The molecule has 0 bridgehead atoms. The van der Waals surface area contributed by atoms with E-state index in [1.165, 1.54) is 25.3 Å². The molecular weight excluding hydrogens is 293 g/mol. The molecular formula is C12H9F3N2O2S. The monoisotopic (exact) mass is 302 g/mol. The number of carbonyl (C=O) groups is 1. The maximum absolute atomic E-state index is 12.4. The molecule has 0 aliphatic rings. The van der Waals surface area contributed by atoms with Crippen molar-refractivity contribution in [1.82, 2.24) is 4.98 Å². The minimum Gasteiger partial charge on any atom is -0.497 e. The Morgan fingerprint density at radius 1 is 1.40 bits per heavy atom. The normalized spacial score (nSPS) is 11.4. The smallest absolute Gasteiger partial charge is 0.443 e. The first-order valence-electron chi connectivity index (χ1n) is 5.34. The second kappa shape index (κ2) is 5.12. The van der Waals surface area contributed by atoms with E-state index in [1.54, 1.807) is 0 Å². The third-order valence-electron chi connectivity index (χ3n) is 2.48. The molecule has 0 amide bonds. The van der Waals surface area contributed by atoms with E-state index in [1.807, 2.05) is 0 Å². The van der Waals surface area contributed by atoms with Crippen LogP contribution in [0.2, 0.25) is 0 Å². The van der Waals surface area contributed by atoms with Crippen molar-refractivity contribution in [3.63, 3.8) is 0 Å². The van der Waals surface area contributed by atoms with Crippen LogP contribution in [-0.4, -0.2) is 17.9 Å². The van der Waals surface area contributed by atoms with Crippen LogP contribution in [0, 0.1) is 0 Å². The summed E-state index contributed by atoms with van der Waals surface area (Å²) in [5, 5.41) is -1.06. The molecule has 0 atom stereocenters. The molecule has 0 unspecified atom stereocenters. The molecule has 1 aromatic heterocycles. The number of ketones is 1. The first-order valence-corrected chi connectivity index (χ1v) is 6.16. The number of hydrogen-bond donors (Lipinski definition) is 1. The molecule has 0 saturated carbocycles. The molecule has 2 aromatic rings. The lowest BCUT2D eigenvalue weighted by molar-refractivity contribution is -0.137. The summed E-state index contributed by atoms with van der Waals surface area (Å²) in [6.45, 7) is 0. The molecule has 0 saturated heterocycles. The molecule has 0 radical (unpaired) electrons. The van der Waals surface area contributed by atoms with Gasteiger partial charge in [-0.1, -0.05) is 0 Å². The van der Waals surface area contributed by atoms with Crippen LogP contribution < -0.4 is 10.5 Å². The van der Waals surface area contributed by atoms with E-state index >= 15 is 0 Å². The van der Waals surface area contributed by atoms with E-state index in [0.717, 1.165) is 6.20 Å². The lowest BCUT2D eigenvalue weighted by Gasteiger charge is -2.05. The van der Waals surface area contributed by atoms with Crippen LogP contribution in [0.25, 0.3) is 0 Å². The second-order valence-corrected chi connectivity index (χ2v) is 4.84. The van der Waals surface area contributed by atoms with Gasteiger partial charge in [-0.05, 0) is 12.1 Å². The van der Waals surface area contributed by atoms with Crippen LogP contribution in [0.15, 0.2) is 24.4 Å². The van der Waals surface area contributed by atoms with Gasteiger partial charge in [-0.15, -0.1) is 11.3 Å². The van der Waals surface area contributed by atoms with Gasteiger partial charge < -0.3 is 10.5 Å². The van der Waals surface area contributed by atoms with E-state index in [-0.39, 0.29) is 27.5 Å². The Hall–Kier alpha value is -2.09. The molecule has 0 aliphatic carbocycles. The number of nitrogen functional groups attached to an aromatic ring is 1. The zero-order valence-corrected chi connectivity index (χ0v) is 11.0. The van der Waals surface area contributed by atoms with Gasteiger partial charge in [0.05, 0.1) is 12.0 Å². The quantitative estimate of drug-likeness (QED) is 0.699. The van der Waals surface area contributed by atoms with E-state index < -0.39 is 17.0 Å². The molecule has 1 aromatic carbocycles. The lowest BCUT2D eigenvalue weighted by atomic mass is 10.1. The first kappa shape index (κ1) is 14.3. The van der Waals surface area contributed by atoms with Crippen molar-refractivity contribution in [3.8, 4) is 5.75 Å². The van der Waals surface area contributed by atoms with Crippen molar-refractivity contribution in [3.05, 3.63) is 39.8 Å². The Morgan fingerprint density at radius 3 is 2.60 bits per heavy atom. The van der Waals surface area contributed by atoms with Gasteiger partial charge in [0.2, 0.25) is 5.78 Å². The fourth-order valence-electron chi connectivity index (χ4n) is 1.52. The zero-order chi connectivity index (χ0) is 14.9. The molecule has 1 heterocycles. The molecule has 2 rings (SSSR count). The van der Waals surface area contributed by atoms with Crippen molar-refractivity contribution < 1.29 is 22.7 Å². The Bertz CT molecular complexity index is 652. The number of rotatable bonds is 3. The molecule has 8 heteroatoms. The van der Waals surface area contributed by atoms with Gasteiger partial charge in [-0.3, -0.25) is 4.79 Å². The molecule has 4 nitrogen and oxygen atoms in total. The Morgan fingerprint density at radius 2 is 2.10 bits per heavy atom. The number of carbonyl (C=O) groups excluding carboxylic acids is 1. The summed E-state index contributed by atoms with van der Waals surface area (Å²) < 4.78 is 42.3. The van der Waals surface area contributed by atoms with Crippen molar-refractivity contribution in [2.24, 2.45) is 0 Å². The fourth-order valence-corrected chi connectivity index (χ4v) is 2.25. The molecule has 0 spiro atoms. The van der Waals surface area contributed by atoms with Crippen molar-refractivity contribution in [2.75, 3.05) is 12.8 Å². The van der Waals surface area contributed by atoms with Gasteiger partial charge in [-0.2, -0.15) is 13.2 Å². The minimum absolute atomic E-state index is 0.114. The van der Waals surface area contributed by atoms with Crippen LogP contribution in [0.4, 0.5) is 18.9 Å². The highest BCUT2D eigenvalue weighted by Crippen LogP contribution is 2.33. The van der Waals surface area contributed by atoms with Gasteiger partial charge in [-0.25, -0.2) is 4.98 Å². The summed E-state index contributed by atoms with van der Waals surface area (Å²) in [4.78, 5) is 15.2. The highest BCUT2D eigenvalue weighted by atomic mass is 32.1. The Labute approximate surface area is 116 Å². The maximum Gasteiger partial charge on any atom is 0.443 e. The van der Waals surface area contributed by atoms with Crippen molar-refractivity contribution in [2.45, 2.75) is 6.18 Å². The number of nitrogens with two attached hydrogens (primary N) is 1. The van der Waals surface area contributed by atoms with Crippen LogP contribution in [0.3, 0.4) is 0 Å². The van der Waals surface area contributed by atoms with Crippen LogP contribution in [0.1, 0.15) is 20.2 Å². The number of hydrogen-bond acceptors (Lipinski definition) is 5. The van der Waals surface area contributed by atoms with E-state index in [4.69, 9.17) is 10.5 Å². The number of methoxy groups -OCH3 is 1. The van der Waals surface area contributed by atoms with E-state index in [0.29, 0.717) is 5.75 Å². The number of alkyl halides is 3. The predicted molar refractivity (Wildman–Crippen MR) is 68.0 cm³/mol. The van der Waals surface area contributed by atoms with Crippen molar-refractivity contribution in [1.29, 1.82) is 0 Å². The molecule has 106 valence electrons. The van der Waals surface area contributed by atoms with Crippen LogP contribution >= 0.6 is 11.3 Å². The minimum atomic E-state index is -4.56. The molecule has 2 N–H and O–H groups in total. The third kappa shape index (κ3) is 2.74. The summed E-state index contributed by atoms with van der Waals surface area (Å²) in [5.74, 6) is -0.141. The number of halogens is 3. The maximum atomic E-state index is 12.4. The summed E-state index contributed by atoms with van der Waals surface area (Å²) in [6.07, 6.45) is -3.66. The average Bonchev–Trinajstić information content (AvgIpc) is 2.87. The number of benzene rings is 1.